The molecule has 0 saturated carbocycles. The van der Waals surface area contributed by atoms with E-state index < -0.39 is 0 Å². The SMILES string of the molecule is O=C(c1cccc(Cl)c1)N1CCCN(C2CCSCC2)CC1. The molecule has 0 radical (unpaired) electrons. The van der Waals surface area contributed by atoms with Crippen LogP contribution in [0, 0.1) is 0 Å². The Bertz CT molecular complexity index is 519. The molecule has 3 nitrogen and oxygen atoms in total. The van der Waals surface area contributed by atoms with Gasteiger partial charge in [0.2, 0.25) is 0 Å². The third-order valence-corrected chi connectivity index (χ3v) is 5.88. The number of amides is 1. The molecule has 2 aliphatic rings. The van der Waals surface area contributed by atoms with Crippen LogP contribution in [0.3, 0.4) is 0 Å². The van der Waals surface area contributed by atoms with E-state index >= 15 is 0 Å². The first kappa shape index (κ1) is 16.2. The van der Waals surface area contributed by atoms with Gasteiger partial charge in [-0.3, -0.25) is 9.69 Å². The summed E-state index contributed by atoms with van der Waals surface area (Å²) >= 11 is 8.07. The van der Waals surface area contributed by atoms with Crippen LogP contribution in [0.15, 0.2) is 24.3 Å². The highest BCUT2D eigenvalue weighted by Gasteiger charge is 2.25. The lowest BCUT2D eigenvalue weighted by atomic mass is 10.1. The molecular weight excluding hydrogens is 316 g/mol. The average Bonchev–Trinajstić information content (AvgIpc) is 2.81. The summed E-state index contributed by atoms with van der Waals surface area (Å²) in [6, 6.07) is 8.01. The van der Waals surface area contributed by atoms with E-state index in [1.807, 2.05) is 23.1 Å². The monoisotopic (exact) mass is 338 g/mol. The van der Waals surface area contributed by atoms with E-state index in [1.54, 1.807) is 6.07 Å². The maximum absolute atomic E-state index is 12.6. The molecule has 120 valence electrons. The number of nitrogens with zero attached hydrogens (tertiary/aromatic N) is 2. The molecule has 2 heterocycles. The van der Waals surface area contributed by atoms with Crippen molar-refractivity contribution in [2.24, 2.45) is 0 Å². The zero-order chi connectivity index (χ0) is 15.4. The summed E-state index contributed by atoms with van der Waals surface area (Å²) in [5.74, 6) is 2.68. The summed E-state index contributed by atoms with van der Waals surface area (Å²) in [5.41, 5.74) is 0.704. The Morgan fingerprint density at radius 1 is 1.14 bits per heavy atom. The van der Waals surface area contributed by atoms with Crippen molar-refractivity contribution in [1.29, 1.82) is 0 Å². The molecule has 3 rings (SSSR count). The van der Waals surface area contributed by atoms with E-state index in [9.17, 15) is 4.79 Å². The van der Waals surface area contributed by atoms with Gasteiger partial charge in [0.25, 0.3) is 5.91 Å². The van der Waals surface area contributed by atoms with Crippen molar-refractivity contribution in [3.8, 4) is 0 Å². The van der Waals surface area contributed by atoms with Crippen molar-refractivity contribution in [3.05, 3.63) is 34.9 Å². The first-order chi connectivity index (χ1) is 10.7. The molecule has 1 aromatic carbocycles. The van der Waals surface area contributed by atoms with Crippen LogP contribution < -0.4 is 0 Å². The van der Waals surface area contributed by atoms with Crippen LogP contribution in [-0.2, 0) is 0 Å². The topological polar surface area (TPSA) is 23.6 Å². The second-order valence-electron chi connectivity index (χ2n) is 6.04. The third kappa shape index (κ3) is 3.98. The van der Waals surface area contributed by atoms with Crippen LogP contribution in [0.5, 0.6) is 0 Å². The van der Waals surface area contributed by atoms with Gasteiger partial charge < -0.3 is 4.90 Å². The van der Waals surface area contributed by atoms with E-state index in [2.05, 4.69) is 16.7 Å². The molecular formula is C17H23ClN2OS. The Labute approximate surface area is 142 Å². The van der Waals surface area contributed by atoms with E-state index in [0.29, 0.717) is 10.6 Å². The minimum Gasteiger partial charge on any atom is -0.337 e. The van der Waals surface area contributed by atoms with Gasteiger partial charge in [-0.05, 0) is 49.0 Å². The van der Waals surface area contributed by atoms with Crippen LogP contribution in [0.4, 0.5) is 0 Å². The number of benzene rings is 1. The molecule has 2 fully saturated rings. The number of carbonyl (C=O) groups excluding carboxylic acids is 1. The first-order valence-electron chi connectivity index (χ1n) is 8.11. The van der Waals surface area contributed by atoms with Gasteiger partial charge >= 0.3 is 0 Å². The number of thioether (sulfide) groups is 1. The first-order valence-corrected chi connectivity index (χ1v) is 9.64. The molecule has 5 heteroatoms. The van der Waals surface area contributed by atoms with Crippen molar-refractivity contribution < 1.29 is 4.79 Å². The molecule has 22 heavy (non-hydrogen) atoms. The van der Waals surface area contributed by atoms with E-state index in [1.165, 1.54) is 24.3 Å². The quantitative estimate of drug-likeness (QED) is 0.826. The number of carbonyl (C=O) groups is 1. The predicted octanol–water partition coefficient (Wildman–Crippen LogP) is 3.38. The summed E-state index contributed by atoms with van der Waals surface area (Å²) < 4.78 is 0. The fourth-order valence-electron chi connectivity index (χ4n) is 3.36. The maximum Gasteiger partial charge on any atom is 0.253 e. The van der Waals surface area contributed by atoms with Crippen molar-refractivity contribution in [3.63, 3.8) is 0 Å². The number of hydrogen-bond acceptors (Lipinski definition) is 3. The zero-order valence-corrected chi connectivity index (χ0v) is 14.4. The molecule has 0 N–H and O–H groups in total. The molecule has 0 spiro atoms. The fraction of sp³-hybridized carbons (Fsp3) is 0.588. The minimum absolute atomic E-state index is 0.114. The fourth-order valence-corrected chi connectivity index (χ4v) is 4.63. The highest BCUT2D eigenvalue weighted by molar-refractivity contribution is 7.99. The third-order valence-electron chi connectivity index (χ3n) is 4.60. The normalized spacial score (nSPS) is 21.6. The van der Waals surface area contributed by atoms with Gasteiger partial charge in [0.15, 0.2) is 0 Å². The van der Waals surface area contributed by atoms with Gasteiger partial charge in [-0.15, -0.1) is 0 Å². The molecule has 2 aliphatic heterocycles. The lowest BCUT2D eigenvalue weighted by molar-refractivity contribution is 0.0757. The van der Waals surface area contributed by atoms with Crippen molar-refractivity contribution in [2.75, 3.05) is 37.7 Å². The van der Waals surface area contributed by atoms with Crippen molar-refractivity contribution >= 4 is 29.3 Å². The van der Waals surface area contributed by atoms with Gasteiger partial charge in [-0.2, -0.15) is 11.8 Å². The zero-order valence-electron chi connectivity index (χ0n) is 12.8. The Balaban J connectivity index is 1.61. The highest BCUT2D eigenvalue weighted by atomic mass is 35.5. The van der Waals surface area contributed by atoms with E-state index in [-0.39, 0.29) is 5.91 Å². The lowest BCUT2D eigenvalue weighted by Gasteiger charge is -2.33. The van der Waals surface area contributed by atoms with Crippen LogP contribution in [0.1, 0.15) is 29.6 Å². The Kier molecular flexibility index (Phi) is 5.66. The highest BCUT2D eigenvalue weighted by Crippen LogP contribution is 2.23. The number of rotatable bonds is 2. The van der Waals surface area contributed by atoms with Crippen LogP contribution in [0.25, 0.3) is 0 Å². The Hall–Kier alpha value is -0.710. The molecule has 2 saturated heterocycles. The average molecular weight is 339 g/mol. The van der Waals surface area contributed by atoms with Crippen LogP contribution in [0.2, 0.25) is 5.02 Å². The second-order valence-corrected chi connectivity index (χ2v) is 7.70. The summed E-state index contributed by atoms with van der Waals surface area (Å²) in [6.45, 7) is 3.80. The van der Waals surface area contributed by atoms with Crippen molar-refractivity contribution in [1.82, 2.24) is 9.80 Å². The van der Waals surface area contributed by atoms with Gasteiger partial charge in [0, 0.05) is 42.8 Å². The molecule has 0 aromatic heterocycles. The van der Waals surface area contributed by atoms with Gasteiger partial charge in [0.1, 0.15) is 0 Å². The summed E-state index contributed by atoms with van der Waals surface area (Å²) in [6.07, 6.45) is 3.66. The molecule has 1 aromatic rings. The van der Waals surface area contributed by atoms with E-state index in [0.717, 1.165) is 38.6 Å². The molecule has 1 amide bonds. The molecule has 0 atom stereocenters. The lowest BCUT2D eigenvalue weighted by Crippen LogP contribution is -2.41. The van der Waals surface area contributed by atoms with Gasteiger partial charge in [-0.25, -0.2) is 0 Å². The second kappa shape index (κ2) is 7.71. The summed E-state index contributed by atoms with van der Waals surface area (Å²) in [7, 11) is 0. The standard InChI is InChI=1S/C17H23ClN2OS/c18-15-4-1-3-14(13-15)17(21)20-8-2-7-19(9-10-20)16-5-11-22-12-6-16/h1,3-4,13,16H,2,5-12H2. The smallest absolute Gasteiger partial charge is 0.253 e. The Morgan fingerprint density at radius 2 is 1.95 bits per heavy atom. The Morgan fingerprint density at radius 3 is 2.73 bits per heavy atom. The predicted molar refractivity (Wildman–Crippen MR) is 93.9 cm³/mol. The maximum atomic E-state index is 12.6. The van der Waals surface area contributed by atoms with Gasteiger partial charge in [-0.1, -0.05) is 17.7 Å². The number of halogens is 1. The summed E-state index contributed by atoms with van der Waals surface area (Å²) in [4.78, 5) is 17.2. The molecule has 0 aliphatic carbocycles. The summed E-state index contributed by atoms with van der Waals surface area (Å²) in [5, 5.41) is 0.627. The molecule has 0 bridgehead atoms. The van der Waals surface area contributed by atoms with Gasteiger partial charge in [0.05, 0.1) is 0 Å². The molecule has 0 unspecified atom stereocenters. The number of hydrogen-bond donors (Lipinski definition) is 0. The largest absolute Gasteiger partial charge is 0.337 e. The van der Waals surface area contributed by atoms with E-state index in [4.69, 9.17) is 11.6 Å². The van der Waals surface area contributed by atoms with Crippen molar-refractivity contribution in [2.45, 2.75) is 25.3 Å². The minimum atomic E-state index is 0.114. The van der Waals surface area contributed by atoms with Crippen LogP contribution >= 0.6 is 23.4 Å². The van der Waals surface area contributed by atoms with Crippen LogP contribution in [-0.4, -0.2) is 59.4 Å².